The van der Waals surface area contributed by atoms with Crippen LogP contribution in [-0.2, 0) is 28.1 Å². The second kappa shape index (κ2) is 17.8. The molecule has 1 radical (unpaired) electrons. The van der Waals surface area contributed by atoms with E-state index in [1.165, 1.54) is 4.90 Å². The van der Waals surface area contributed by atoms with Gasteiger partial charge in [-0.15, -0.1) is 0 Å². The van der Waals surface area contributed by atoms with Crippen LogP contribution in [0.2, 0.25) is 5.02 Å². The molecular formula is C49H44ClN2O2V-. The standard InChI is InChI=1S/C48H41ClN2O2.CH3.V/c1-32(2)42-16-11-17-43(33(3)4)46(42)51-47(52)44(36-24-20-34(21-25-36)18-19-35-22-28-38(49)29-23-35)45(48(51)53)37-26-30-41(31-27-37)50(39-12-7-5-8-13-39)40-14-9-6-10-15-40;;/h5-33H,1-4H3;1H3;/q;-1;/b19-18+;;. The van der Waals surface area contributed by atoms with Gasteiger partial charge in [0.05, 0.1) is 16.8 Å². The van der Waals surface area contributed by atoms with E-state index in [1.54, 1.807) is 0 Å². The summed E-state index contributed by atoms with van der Waals surface area (Å²) < 4.78 is 0. The number of imide groups is 1. The summed E-state index contributed by atoms with van der Waals surface area (Å²) in [5.41, 5.74) is 9.77. The number of amides is 2. The molecule has 1 aliphatic heterocycles. The summed E-state index contributed by atoms with van der Waals surface area (Å²) >= 11 is 6.07. The van der Waals surface area contributed by atoms with Crippen LogP contribution in [0.1, 0.15) is 72.9 Å². The van der Waals surface area contributed by atoms with Crippen LogP contribution in [0.4, 0.5) is 22.7 Å². The number of rotatable bonds is 10. The number of carbonyl (C=O) groups excluding carboxylic acids is 2. The molecule has 0 aromatic heterocycles. The van der Waals surface area contributed by atoms with Gasteiger partial charge < -0.3 is 12.3 Å². The average molecular weight is 779 g/mol. The summed E-state index contributed by atoms with van der Waals surface area (Å²) in [5.74, 6) is -0.430. The first-order valence-corrected chi connectivity index (χ1v) is 18.4. The molecule has 4 nitrogen and oxygen atoms in total. The maximum atomic E-state index is 14.9. The molecular weight excluding hydrogens is 735 g/mol. The van der Waals surface area contributed by atoms with Gasteiger partial charge in [-0.1, -0.05) is 155 Å². The minimum atomic E-state index is -0.317. The molecule has 0 bridgehead atoms. The van der Waals surface area contributed by atoms with Crippen molar-refractivity contribution in [1.82, 2.24) is 0 Å². The monoisotopic (exact) mass is 778 g/mol. The van der Waals surface area contributed by atoms with E-state index >= 15 is 0 Å². The fourth-order valence-electron chi connectivity index (χ4n) is 6.94. The summed E-state index contributed by atoms with van der Waals surface area (Å²) in [7, 11) is 0. The van der Waals surface area contributed by atoms with Gasteiger partial charge in [-0.3, -0.25) is 9.59 Å². The van der Waals surface area contributed by atoms with Crippen molar-refractivity contribution in [3.63, 3.8) is 0 Å². The molecule has 0 saturated carbocycles. The predicted molar refractivity (Wildman–Crippen MR) is 228 cm³/mol. The SMILES string of the molecule is CC(C)c1cccc(C(C)C)c1N1C(=O)C(c2ccc(/C=C/c3ccc(Cl)cc3)cc2)=C(c2ccc(N(c3ccccc3)c3ccccc3)cc2)C1=O.[CH3-].[V]. The molecule has 275 valence electrons. The van der Waals surface area contributed by atoms with Crippen LogP contribution >= 0.6 is 11.6 Å². The minimum Gasteiger partial charge on any atom is -0.358 e. The maximum Gasteiger partial charge on any atom is 0.266 e. The van der Waals surface area contributed by atoms with E-state index in [9.17, 15) is 9.59 Å². The molecule has 55 heavy (non-hydrogen) atoms. The Morgan fingerprint density at radius 1 is 0.509 bits per heavy atom. The Hall–Kier alpha value is -5.39. The third kappa shape index (κ3) is 8.48. The molecule has 6 aromatic rings. The first-order chi connectivity index (χ1) is 25.7. The van der Waals surface area contributed by atoms with Crippen molar-refractivity contribution in [2.75, 3.05) is 9.80 Å². The van der Waals surface area contributed by atoms with Crippen molar-refractivity contribution in [2.45, 2.75) is 39.5 Å². The number of para-hydroxylation sites is 3. The van der Waals surface area contributed by atoms with Gasteiger partial charge in [-0.2, -0.15) is 0 Å². The summed E-state index contributed by atoms with van der Waals surface area (Å²) in [6.45, 7) is 8.40. The summed E-state index contributed by atoms with van der Waals surface area (Å²) in [6, 6.07) is 49.9. The number of nitrogens with zero attached hydrogens (tertiary/aromatic N) is 2. The van der Waals surface area contributed by atoms with E-state index < -0.39 is 0 Å². The van der Waals surface area contributed by atoms with Gasteiger partial charge in [0, 0.05) is 40.6 Å². The molecule has 0 N–H and O–H groups in total. The zero-order valence-electron chi connectivity index (χ0n) is 31.8. The number of carbonyl (C=O) groups is 2. The van der Waals surface area contributed by atoms with Crippen LogP contribution in [0, 0.1) is 7.43 Å². The molecule has 0 aliphatic carbocycles. The van der Waals surface area contributed by atoms with Gasteiger partial charge in [0.25, 0.3) is 11.8 Å². The van der Waals surface area contributed by atoms with Crippen molar-refractivity contribution >= 4 is 69.5 Å². The molecule has 0 spiro atoms. The number of benzene rings is 6. The summed E-state index contributed by atoms with van der Waals surface area (Å²) in [4.78, 5) is 33.3. The molecule has 0 atom stereocenters. The first-order valence-electron chi connectivity index (χ1n) is 18.0. The van der Waals surface area contributed by atoms with Gasteiger partial charge in [0.15, 0.2) is 0 Å². The van der Waals surface area contributed by atoms with Crippen LogP contribution < -0.4 is 9.80 Å². The van der Waals surface area contributed by atoms with Gasteiger partial charge >= 0.3 is 0 Å². The van der Waals surface area contributed by atoms with Crippen molar-refractivity contribution in [3.8, 4) is 0 Å². The topological polar surface area (TPSA) is 40.6 Å². The molecule has 1 heterocycles. The fourth-order valence-corrected chi connectivity index (χ4v) is 7.07. The zero-order chi connectivity index (χ0) is 37.1. The predicted octanol–water partition coefficient (Wildman–Crippen LogP) is 13.2. The number of hydrogen-bond acceptors (Lipinski definition) is 3. The first kappa shape index (κ1) is 40.8. The van der Waals surface area contributed by atoms with E-state index in [0.717, 1.165) is 39.3 Å². The number of anilines is 4. The van der Waals surface area contributed by atoms with Crippen LogP contribution in [0.25, 0.3) is 23.3 Å². The van der Waals surface area contributed by atoms with Crippen molar-refractivity contribution in [2.24, 2.45) is 0 Å². The molecule has 0 saturated heterocycles. The Bertz CT molecular complexity index is 2250. The van der Waals surface area contributed by atoms with Crippen LogP contribution in [-0.4, -0.2) is 11.8 Å². The van der Waals surface area contributed by atoms with Crippen molar-refractivity contribution in [1.29, 1.82) is 0 Å². The number of hydrogen-bond donors (Lipinski definition) is 0. The third-order valence-corrected chi connectivity index (χ3v) is 9.88. The molecule has 6 aromatic carbocycles. The Labute approximate surface area is 342 Å². The number of halogens is 1. The van der Waals surface area contributed by atoms with E-state index in [2.05, 4.69) is 56.9 Å². The Kier molecular flexibility index (Phi) is 13.2. The molecule has 0 unspecified atom stereocenters. The van der Waals surface area contributed by atoms with E-state index in [-0.39, 0.29) is 49.6 Å². The quantitative estimate of drug-likeness (QED) is 0.0790. The third-order valence-electron chi connectivity index (χ3n) is 9.63. The second-order valence-corrected chi connectivity index (χ2v) is 14.3. The summed E-state index contributed by atoms with van der Waals surface area (Å²) in [5, 5.41) is 0.691. The Morgan fingerprint density at radius 2 is 0.891 bits per heavy atom. The van der Waals surface area contributed by atoms with Crippen molar-refractivity contribution in [3.05, 3.63) is 197 Å². The van der Waals surface area contributed by atoms with E-state index in [1.807, 2.05) is 140 Å². The normalized spacial score (nSPS) is 12.7. The van der Waals surface area contributed by atoms with Gasteiger partial charge in [0.2, 0.25) is 0 Å². The van der Waals surface area contributed by atoms with E-state index in [4.69, 9.17) is 11.6 Å². The van der Waals surface area contributed by atoms with Crippen molar-refractivity contribution < 1.29 is 28.1 Å². The molecule has 6 heteroatoms. The Morgan fingerprint density at radius 3 is 1.31 bits per heavy atom. The van der Waals surface area contributed by atoms with Gasteiger partial charge in [-0.05, 0) is 93.7 Å². The van der Waals surface area contributed by atoms with Gasteiger partial charge in [0.1, 0.15) is 0 Å². The summed E-state index contributed by atoms with van der Waals surface area (Å²) in [6.07, 6.45) is 4.04. The minimum absolute atomic E-state index is 0. The Balaban J connectivity index is 0.00000290. The second-order valence-electron chi connectivity index (χ2n) is 13.9. The maximum absolute atomic E-state index is 14.9. The smallest absolute Gasteiger partial charge is 0.266 e. The molecule has 7 rings (SSSR count). The van der Waals surface area contributed by atoms with Crippen LogP contribution in [0.5, 0.6) is 0 Å². The van der Waals surface area contributed by atoms with Crippen LogP contribution in [0.3, 0.4) is 0 Å². The van der Waals surface area contributed by atoms with E-state index in [0.29, 0.717) is 33.0 Å². The molecule has 0 fully saturated rings. The van der Waals surface area contributed by atoms with Gasteiger partial charge in [-0.25, -0.2) is 4.90 Å². The van der Waals surface area contributed by atoms with Crippen LogP contribution in [0.15, 0.2) is 152 Å². The average Bonchev–Trinajstić information content (AvgIpc) is 3.44. The molecule has 2 amide bonds. The fraction of sp³-hybridized carbons (Fsp3) is 0.122. The zero-order valence-corrected chi connectivity index (χ0v) is 33.9. The molecule has 1 aliphatic rings. The largest absolute Gasteiger partial charge is 0.358 e.